The van der Waals surface area contributed by atoms with Gasteiger partial charge >= 0.3 is 12.6 Å². The molecule has 0 amide bonds. The van der Waals surface area contributed by atoms with Gasteiger partial charge in [0, 0.05) is 6.07 Å². The van der Waals surface area contributed by atoms with Crippen LogP contribution < -0.4 is 4.74 Å². The standard InChI is InChI=1S/C10H9F3O3/c1-15-9(14)4-6-2-3-7(5-8(6)11)16-10(12)13/h2-3,5,10H,4H2,1H3. The fraction of sp³-hybridized carbons (Fsp3) is 0.300. The lowest BCUT2D eigenvalue weighted by molar-refractivity contribution is -0.139. The Bertz CT molecular complexity index is 380. The van der Waals surface area contributed by atoms with Crippen molar-refractivity contribution in [2.75, 3.05) is 7.11 Å². The molecule has 1 aromatic carbocycles. The normalized spacial score (nSPS) is 10.3. The number of hydrogen-bond acceptors (Lipinski definition) is 3. The highest BCUT2D eigenvalue weighted by molar-refractivity contribution is 5.72. The minimum absolute atomic E-state index is 0.0634. The van der Waals surface area contributed by atoms with Crippen molar-refractivity contribution in [2.24, 2.45) is 0 Å². The minimum atomic E-state index is -3.01. The zero-order valence-electron chi connectivity index (χ0n) is 8.38. The van der Waals surface area contributed by atoms with Gasteiger partial charge in [-0.1, -0.05) is 6.07 Å². The Kier molecular flexibility index (Phi) is 4.16. The summed E-state index contributed by atoms with van der Waals surface area (Å²) in [6.07, 6.45) is -0.253. The van der Waals surface area contributed by atoms with Crippen LogP contribution in [-0.2, 0) is 16.0 Å². The molecule has 0 atom stereocenters. The van der Waals surface area contributed by atoms with Crippen LogP contribution in [0.25, 0.3) is 0 Å². The SMILES string of the molecule is COC(=O)Cc1ccc(OC(F)F)cc1F. The van der Waals surface area contributed by atoms with E-state index in [1.165, 1.54) is 13.2 Å². The maximum Gasteiger partial charge on any atom is 0.387 e. The van der Waals surface area contributed by atoms with Crippen LogP contribution in [0.2, 0.25) is 0 Å². The molecule has 0 unspecified atom stereocenters. The molecule has 0 saturated heterocycles. The summed E-state index contributed by atoms with van der Waals surface area (Å²) in [6.45, 7) is -3.01. The van der Waals surface area contributed by atoms with E-state index in [4.69, 9.17) is 0 Å². The van der Waals surface area contributed by atoms with Gasteiger partial charge in [-0.15, -0.1) is 0 Å². The summed E-state index contributed by atoms with van der Waals surface area (Å²) in [5, 5.41) is 0. The van der Waals surface area contributed by atoms with Crippen molar-refractivity contribution in [1.82, 2.24) is 0 Å². The molecule has 1 aromatic rings. The van der Waals surface area contributed by atoms with E-state index in [-0.39, 0.29) is 17.7 Å². The molecule has 6 heteroatoms. The Balaban J connectivity index is 2.79. The number of methoxy groups -OCH3 is 1. The van der Waals surface area contributed by atoms with Crippen molar-refractivity contribution in [3.05, 3.63) is 29.6 Å². The van der Waals surface area contributed by atoms with Gasteiger partial charge in [0.15, 0.2) is 0 Å². The fourth-order valence-corrected chi connectivity index (χ4v) is 1.08. The summed E-state index contributed by atoms with van der Waals surface area (Å²) in [7, 11) is 1.18. The van der Waals surface area contributed by atoms with Crippen LogP contribution >= 0.6 is 0 Å². The average Bonchev–Trinajstić information content (AvgIpc) is 2.21. The molecular formula is C10H9F3O3. The van der Waals surface area contributed by atoms with Crippen LogP contribution in [0.1, 0.15) is 5.56 Å². The monoisotopic (exact) mass is 234 g/mol. The third kappa shape index (κ3) is 3.45. The van der Waals surface area contributed by atoms with Crippen molar-refractivity contribution < 1.29 is 27.4 Å². The van der Waals surface area contributed by atoms with Crippen LogP contribution in [-0.4, -0.2) is 19.7 Å². The van der Waals surface area contributed by atoms with Gasteiger partial charge in [-0.25, -0.2) is 4.39 Å². The van der Waals surface area contributed by atoms with Gasteiger partial charge in [0.1, 0.15) is 11.6 Å². The lowest BCUT2D eigenvalue weighted by atomic mass is 10.1. The molecule has 0 fully saturated rings. The zero-order chi connectivity index (χ0) is 12.1. The summed E-state index contributed by atoms with van der Waals surface area (Å²) >= 11 is 0. The lowest BCUT2D eigenvalue weighted by Gasteiger charge is -2.06. The second kappa shape index (κ2) is 5.39. The van der Waals surface area contributed by atoms with Crippen LogP contribution in [0.4, 0.5) is 13.2 Å². The van der Waals surface area contributed by atoms with E-state index in [0.717, 1.165) is 12.1 Å². The van der Waals surface area contributed by atoms with Gasteiger partial charge in [0.25, 0.3) is 0 Å². The number of carbonyl (C=O) groups is 1. The molecule has 0 aliphatic rings. The van der Waals surface area contributed by atoms with E-state index in [9.17, 15) is 18.0 Å². The molecule has 16 heavy (non-hydrogen) atoms. The number of halogens is 3. The average molecular weight is 234 g/mol. The highest BCUT2D eigenvalue weighted by Gasteiger charge is 2.11. The van der Waals surface area contributed by atoms with Crippen molar-refractivity contribution in [3.8, 4) is 5.75 Å². The van der Waals surface area contributed by atoms with Crippen LogP contribution in [0, 0.1) is 5.82 Å². The molecule has 0 N–H and O–H groups in total. The Morgan fingerprint density at radius 1 is 1.44 bits per heavy atom. The lowest BCUT2D eigenvalue weighted by Crippen LogP contribution is -2.07. The minimum Gasteiger partial charge on any atom is -0.469 e. The van der Waals surface area contributed by atoms with E-state index in [0.29, 0.717) is 0 Å². The van der Waals surface area contributed by atoms with Crippen molar-refractivity contribution in [1.29, 1.82) is 0 Å². The number of alkyl halides is 2. The van der Waals surface area contributed by atoms with Gasteiger partial charge < -0.3 is 9.47 Å². The molecule has 0 aromatic heterocycles. The number of hydrogen-bond donors (Lipinski definition) is 0. The smallest absolute Gasteiger partial charge is 0.387 e. The number of esters is 1. The summed E-state index contributed by atoms with van der Waals surface area (Å²) in [5.41, 5.74) is 0.0634. The maximum atomic E-state index is 13.3. The second-order valence-electron chi connectivity index (χ2n) is 2.88. The molecule has 0 aliphatic carbocycles. The van der Waals surface area contributed by atoms with Gasteiger partial charge in [-0.3, -0.25) is 4.79 Å². The van der Waals surface area contributed by atoms with E-state index in [1.807, 2.05) is 0 Å². The molecule has 0 spiro atoms. The van der Waals surface area contributed by atoms with Gasteiger partial charge in [0.05, 0.1) is 13.5 Å². The molecule has 0 aliphatic heterocycles. The third-order valence-corrected chi connectivity index (χ3v) is 1.81. The molecule has 88 valence electrons. The molecule has 0 radical (unpaired) electrons. The Hall–Kier alpha value is -1.72. The number of ether oxygens (including phenoxy) is 2. The maximum absolute atomic E-state index is 13.3. The van der Waals surface area contributed by atoms with Gasteiger partial charge in [-0.2, -0.15) is 8.78 Å². The molecule has 3 nitrogen and oxygen atoms in total. The summed E-state index contributed by atoms with van der Waals surface area (Å²) in [5.74, 6) is -1.69. The highest BCUT2D eigenvalue weighted by atomic mass is 19.3. The quantitative estimate of drug-likeness (QED) is 0.749. The predicted molar refractivity (Wildman–Crippen MR) is 48.8 cm³/mol. The van der Waals surface area contributed by atoms with Gasteiger partial charge in [0.2, 0.25) is 0 Å². The van der Waals surface area contributed by atoms with E-state index >= 15 is 0 Å². The summed E-state index contributed by atoms with van der Waals surface area (Å²) in [4.78, 5) is 10.9. The zero-order valence-corrected chi connectivity index (χ0v) is 8.38. The number of carbonyl (C=O) groups excluding carboxylic acids is 1. The first-order valence-electron chi connectivity index (χ1n) is 4.33. The van der Waals surface area contributed by atoms with Crippen molar-refractivity contribution in [3.63, 3.8) is 0 Å². The van der Waals surface area contributed by atoms with Crippen LogP contribution in [0.15, 0.2) is 18.2 Å². The first kappa shape index (κ1) is 12.4. The summed E-state index contributed by atoms with van der Waals surface area (Å²) in [6, 6.07) is 3.15. The van der Waals surface area contributed by atoms with E-state index in [1.54, 1.807) is 0 Å². The van der Waals surface area contributed by atoms with Crippen LogP contribution in [0.5, 0.6) is 5.75 Å². The second-order valence-corrected chi connectivity index (χ2v) is 2.88. The van der Waals surface area contributed by atoms with Gasteiger partial charge in [-0.05, 0) is 11.6 Å². The molecule has 0 saturated carbocycles. The Morgan fingerprint density at radius 2 is 2.12 bits per heavy atom. The topological polar surface area (TPSA) is 35.5 Å². The van der Waals surface area contributed by atoms with E-state index < -0.39 is 18.4 Å². The molecule has 1 rings (SSSR count). The van der Waals surface area contributed by atoms with Crippen molar-refractivity contribution in [2.45, 2.75) is 13.0 Å². The Morgan fingerprint density at radius 3 is 2.62 bits per heavy atom. The molecule has 0 bridgehead atoms. The highest BCUT2D eigenvalue weighted by Crippen LogP contribution is 2.19. The Labute approximate surface area is 89.8 Å². The molecule has 0 heterocycles. The van der Waals surface area contributed by atoms with Crippen LogP contribution in [0.3, 0.4) is 0 Å². The number of benzene rings is 1. The van der Waals surface area contributed by atoms with Crippen molar-refractivity contribution >= 4 is 5.97 Å². The molecular weight excluding hydrogens is 225 g/mol. The first-order chi connectivity index (χ1) is 7.52. The van der Waals surface area contributed by atoms with E-state index in [2.05, 4.69) is 9.47 Å². The number of rotatable bonds is 4. The fourth-order valence-electron chi connectivity index (χ4n) is 1.08. The predicted octanol–water partition coefficient (Wildman–Crippen LogP) is 2.14. The first-order valence-corrected chi connectivity index (χ1v) is 4.33. The largest absolute Gasteiger partial charge is 0.469 e. The third-order valence-electron chi connectivity index (χ3n) is 1.81. The summed E-state index contributed by atoms with van der Waals surface area (Å²) < 4.78 is 45.2.